The molecule has 0 bridgehead atoms. The second-order valence-electron chi connectivity index (χ2n) is 4.09. The van der Waals surface area contributed by atoms with E-state index >= 15 is 0 Å². The third kappa shape index (κ3) is 1.53. The lowest BCUT2D eigenvalue weighted by atomic mass is 9.71. The molecule has 2 rings (SSSR count). The molecule has 0 amide bonds. The second kappa shape index (κ2) is 3.23. The van der Waals surface area contributed by atoms with Crippen LogP contribution in [-0.4, -0.2) is 5.54 Å². The van der Waals surface area contributed by atoms with Gasteiger partial charge in [-0.15, -0.1) is 0 Å². The van der Waals surface area contributed by atoms with Crippen molar-refractivity contribution in [2.24, 2.45) is 5.73 Å². The van der Waals surface area contributed by atoms with Gasteiger partial charge in [-0.25, -0.2) is 4.39 Å². The third-order valence-corrected chi connectivity index (χ3v) is 3.06. The molecule has 1 nitrogen and oxygen atoms in total. The van der Waals surface area contributed by atoms with E-state index in [1.165, 1.54) is 12.1 Å². The lowest BCUT2D eigenvalue weighted by molar-refractivity contribution is -0.113. The van der Waals surface area contributed by atoms with Crippen molar-refractivity contribution in [3.05, 3.63) is 35.6 Å². The summed E-state index contributed by atoms with van der Waals surface area (Å²) in [6.45, 7) is 0. The van der Waals surface area contributed by atoms with Crippen molar-refractivity contribution in [1.82, 2.24) is 0 Å². The molecule has 0 heterocycles. The Labute approximate surface area is 86.1 Å². The van der Waals surface area contributed by atoms with Gasteiger partial charge in [-0.3, -0.25) is 0 Å². The van der Waals surface area contributed by atoms with Crippen LogP contribution in [-0.2, 0) is 5.92 Å². The Morgan fingerprint density at radius 1 is 1.27 bits per heavy atom. The predicted molar refractivity (Wildman–Crippen MR) is 51.1 cm³/mol. The number of hydrogen-bond donors (Lipinski definition) is 1. The number of halogens is 3. The summed E-state index contributed by atoms with van der Waals surface area (Å²) in [5.74, 6) is -3.80. The van der Waals surface area contributed by atoms with Crippen LogP contribution < -0.4 is 5.73 Å². The number of rotatable bonds is 2. The van der Waals surface area contributed by atoms with Crippen LogP contribution in [0.15, 0.2) is 24.3 Å². The molecule has 15 heavy (non-hydrogen) atoms. The van der Waals surface area contributed by atoms with Crippen molar-refractivity contribution in [1.29, 1.82) is 0 Å². The average Bonchev–Trinajstić information content (AvgIpc) is 2.14. The molecule has 0 radical (unpaired) electrons. The summed E-state index contributed by atoms with van der Waals surface area (Å²) in [6, 6.07) is 4.49. The van der Waals surface area contributed by atoms with Gasteiger partial charge in [0, 0.05) is 5.56 Å². The fraction of sp³-hybridized carbons (Fsp3) is 0.455. The van der Waals surface area contributed by atoms with E-state index in [2.05, 4.69) is 0 Å². The summed E-state index contributed by atoms with van der Waals surface area (Å²) in [5, 5.41) is 0. The number of hydrogen-bond acceptors (Lipinski definition) is 1. The lowest BCUT2D eigenvalue weighted by Gasteiger charge is -2.44. The van der Waals surface area contributed by atoms with Crippen molar-refractivity contribution in [3.8, 4) is 0 Å². The summed E-state index contributed by atoms with van der Waals surface area (Å²) >= 11 is 0. The Kier molecular flexibility index (Phi) is 2.26. The minimum absolute atomic E-state index is 0.288. The topological polar surface area (TPSA) is 26.0 Å². The Morgan fingerprint density at radius 2 is 1.93 bits per heavy atom. The van der Waals surface area contributed by atoms with Gasteiger partial charge >= 0.3 is 0 Å². The summed E-state index contributed by atoms with van der Waals surface area (Å²) in [4.78, 5) is 0. The highest BCUT2D eigenvalue weighted by molar-refractivity contribution is 5.26. The molecule has 4 heteroatoms. The molecule has 0 atom stereocenters. The van der Waals surface area contributed by atoms with Crippen LogP contribution in [0, 0.1) is 5.82 Å². The Morgan fingerprint density at radius 3 is 2.40 bits per heavy atom. The number of nitrogens with two attached hydrogens (primary N) is 1. The molecular formula is C11H12F3N. The molecule has 0 aromatic heterocycles. The molecule has 1 fully saturated rings. The van der Waals surface area contributed by atoms with Crippen molar-refractivity contribution in [3.63, 3.8) is 0 Å². The fourth-order valence-electron chi connectivity index (χ4n) is 1.84. The SMILES string of the molecule is NC1(C(F)(F)c2cccc(F)c2)CCC1. The van der Waals surface area contributed by atoms with E-state index in [0.29, 0.717) is 6.42 Å². The zero-order valence-corrected chi connectivity index (χ0v) is 8.14. The van der Waals surface area contributed by atoms with E-state index in [4.69, 9.17) is 5.73 Å². The molecule has 1 aliphatic carbocycles. The van der Waals surface area contributed by atoms with E-state index in [9.17, 15) is 13.2 Å². The molecule has 1 aromatic rings. The van der Waals surface area contributed by atoms with E-state index < -0.39 is 17.3 Å². The molecule has 1 saturated carbocycles. The minimum atomic E-state index is -3.15. The first-order valence-electron chi connectivity index (χ1n) is 4.88. The average molecular weight is 215 g/mol. The molecule has 0 saturated heterocycles. The summed E-state index contributed by atoms with van der Waals surface area (Å²) < 4.78 is 40.6. The Hall–Kier alpha value is -1.03. The lowest BCUT2D eigenvalue weighted by Crippen LogP contribution is -2.58. The van der Waals surface area contributed by atoms with Crippen LogP contribution in [0.25, 0.3) is 0 Å². The van der Waals surface area contributed by atoms with Gasteiger partial charge in [-0.1, -0.05) is 12.1 Å². The first-order chi connectivity index (χ1) is 6.96. The highest BCUT2D eigenvalue weighted by atomic mass is 19.3. The van der Waals surface area contributed by atoms with Gasteiger partial charge in [0.25, 0.3) is 5.92 Å². The van der Waals surface area contributed by atoms with Crippen LogP contribution >= 0.6 is 0 Å². The summed E-state index contributed by atoms with van der Waals surface area (Å²) in [6.07, 6.45) is 1.29. The molecule has 1 aromatic carbocycles. The van der Waals surface area contributed by atoms with Gasteiger partial charge in [-0.05, 0) is 31.4 Å². The molecule has 0 unspecified atom stereocenters. The maximum atomic E-state index is 13.9. The van der Waals surface area contributed by atoms with Crippen molar-refractivity contribution >= 4 is 0 Å². The van der Waals surface area contributed by atoms with E-state index in [1.54, 1.807) is 0 Å². The van der Waals surface area contributed by atoms with E-state index in [1.807, 2.05) is 0 Å². The summed E-state index contributed by atoms with van der Waals surface area (Å²) in [5.41, 5.74) is 3.78. The zero-order valence-electron chi connectivity index (χ0n) is 8.14. The van der Waals surface area contributed by atoms with Crippen molar-refractivity contribution < 1.29 is 13.2 Å². The van der Waals surface area contributed by atoms with Crippen molar-refractivity contribution in [2.75, 3.05) is 0 Å². The van der Waals surface area contributed by atoms with Crippen LogP contribution in [0.3, 0.4) is 0 Å². The first kappa shape index (κ1) is 10.5. The van der Waals surface area contributed by atoms with Gasteiger partial charge in [0.05, 0.1) is 5.54 Å². The second-order valence-corrected chi connectivity index (χ2v) is 4.09. The Bertz CT molecular complexity index is 372. The molecule has 2 N–H and O–H groups in total. The van der Waals surface area contributed by atoms with Gasteiger partial charge in [0.15, 0.2) is 0 Å². The smallest absolute Gasteiger partial charge is 0.290 e. The third-order valence-electron chi connectivity index (χ3n) is 3.06. The van der Waals surface area contributed by atoms with E-state index in [-0.39, 0.29) is 18.4 Å². The maximum Gasteiger partial charge on any atom is 0.290 e. The van der Waals surface area contributed by atoms with Gasteiger partial charge in [-0.2, -0.15) is 8.78 Å². The molecule has 0 spiro atoms. The zero-order chi connectivity index (χ0) is 11.1. The molecule has 0 aliphatic heterocycles. The molecular weight excluding hydrogens is 203 g/mol. The quantitative estimate of drug-likeness (QED) is 0.806. The first-order valence-corrected chi connectivity index (χ1v) is 4.88. The standard InChI is InChI=1S/C11H12F3N/c12-9-4-1-3-8(7-9)11(13,14)10(15)5-2-6-10/h1,3-4,7H,2,5-6,15H2. The largest absolute Gasteiger partial charge is 0.320 e. The molecule has 1 aliphatic rings. The van der Waals surface area contributed by atoms with Gasteiger partial charge in [0.1, 0.15) is 5.82 Å². The maximum absolute atomic E-state index is 13.9. The highest BCUT2D eigenvalue weighted by Gasteiger charge is 2.55. The van der Waals surface area contributed by atoms with Gasteiger partial charge < -0.3 is 5.73 Å². The Balaban J connectivity index is 2.36. The number of alkyl halides is 2. The van der Waals surface area contributed by atoms with Gasteiger partial charge in [0.2, 0.25) is 0 Å². The predicted octanol–water partition coefficient (Wildman–Crippen LogP) is 2.80. The number of benzene rings is 1. The van der Waals surface area contributed by atoms with Crippen LogP contribution in [0.4, 0.5) is 13.2 Å². The molecule has 82 valence electrons. The van der Waals surface area contributed by atoms with E-state index in [0.717, 1.165) is 12.1 Å². The highest BCUT2D eigenvalue weighted by Crippen LogP contribution is 2.48. The fourth-order valence-corrected chi connectivity index (χ4v) is 1.84. The van der Waals surface area contributed by atoms with Crippen LogP contribution in [0.2, 0.25) is 0 Å². The summed E-state index contributed by atoms with van der Waals surface area (Å²) in [7, 11) is 0. The minimum Gasteiger partial charge on any atom is -0.320 e. The normalized spacial score (nSPS) is 19.7. The van der Waals surface area contributed by atoms with Crippen LogP contribution in [0.5, 0.6) is 0 Å². The van der Waals surface area contributed by atoms with Crippen molar-refractivity contribution in [2.45, 2.75) is 30.7 Å². The monoisotopic (exact) mass is 215 g/mol. The van der Waals surface area contributed by atoms with Crippen LogP contribution in [0.1, 0.15) is 24.8 Å².